The predicted octanol–water partition coefficient (Wildman–Crippen LogP) is 3.62. The fraction of sp³-hybridized carbons (Fsp3) is 0.350. The van der Waals surface area contributed by atoms with E-state index in [1.807, 2.05) is 30.3 Å². The Morgan fingerprint density at radius 3 is 2.54 bits per heavy atom. The molecular weight excluding hydrogens is 302 g/mol. The van der Waals surface area contributed by atoms with Crippen molar-refractivity contribution in [3.05, 3.63) is 64.2 Å². The second-order valence-electron chi connectivity index (χ2n) is 5.92. The van der Waals surface area contributed by atoms with E-state index in [4.69, 9.17) is 9.47 Å². The van der Waals surface area contributed by atoms with Crippen molar-refractivity contribution in [1.82, 2.24) is 5.32 Å². The highest BCUT2D eigenvalue weighted by Gasteiger charge is 2.21. The lowest BCUT2D eigenvalue weighted by molar-refractivity contribution is -0.130. The van der Waals surface area contributed by atoms with E-state index >= 15 is 0 Å². The van der Waals surface area contributed by atoms with E-state index in [0.717, 1.165) is 22.4 Å². The first-order valence-electron chi connectivity index (χ1n) is 8.00. The molecule has 0 aliphatic carbocycles. The van der Waals surface area contributed by atoms with Gasteiger partial charge in [0, 0.05) is 14.2 Å². The maximum atomic E-state index is 12.0. The smallest absolute Gasteiger partial charge is 0.253 e. The average molecular weight is 327 g/mol. The van der Waals surface area contributed by atoms with Crippen LogP contribution in [0.4, 0.5) is 0 Å². The molecule has 0 aliphatic rings. The molecule has 0 bridgehead atoms. The Kier molecular flexibility index (Phi) is 5.99. The number of likely N-dealkylation sites (N-methyl/N-ethyl adjacent to an activating group) is 1. The van der Waals surface area contributed by atoms with Gasteiger partial charge in [-0.15, -0.1) is 0 Å². The first kappa shape index (κ1) is 18.0. The lowest BCUT2D eigenvalue weighted by atomic mass is 10.0. The molecule has 0 spiro atoms. The second-order valence-corrected chi connectivity index (χ2v) is 5.92. The number of aryl methyl sites for hydroxylation is 2. The van der Waals surface area contributed by atoms with Crippen LogP contribution in [0.3, 0.4) is 0 Å². The highest BCUT2D eigenvalue weighted by Crippen LogP contribution is 2.26. The maximum absolute atomic E-state index is 12.0. The minimum Gasteiger partial charge on any atom is -0.489 e. The Bertz CT molecular complexity index is 725. The van der Waals surface area contributed by atoms with Gasteiger partial charge in [0.25, 0.3) is 5.91 Å². The van der Waals surface area contributed by atoms with E-state index < -0.39 is 6.10 Å². The summed E-state index contributed by atoms with van der Waals surface area (Å²) in [5, 5.41) is 2.63. The zero-order valence-electron chi connectivity index (χ0n) is 15.0. The first-order chi connectivity index (χ1) is 11.5. The third-order valence-electron chi connectivity index (χ3n) is 4.21. The van der Waals surface area contributed by atoms with Crippen molar-refractivity contribution < 1.29 is 14.3 Å². The van der Waals surface area contributed by atoms with Crippen molar-refractivity contribution in [1.29, 1.82) is 0 Å². The third-order valence-corrected chi connectivity index (χ3v) is 4.21. The number of carbonyl (C=O) groups excluding carboxylic acids is 1. The zero-order chi connectivity index (χ0) is 17.7. The van der Waals surface area contributed by atoms with Gasteiger partial charge in [-0.25, -0.2) is 0 Å². The van der Waals surface area contributed by atoms with Crippen LogP contribution in [-0.4, -0.2) is 20.1 Å². The maximum Gasteiger partial charge on any atom is 0.253 e. The normalized spacial score (nSPS) is 11.9. The summed E-state index contributed by atoms with van der Waals surface area (Å²) >= 11 is 0. The molecule has 0 heterocycles. The number of carbonyl (C=O) groups is 1. The van der Waals surface area contributed by atoms with Gasteiger partial charge in [0.05, 0.1) is 0 Å². The van der Waals surface area contributed by atoms with E-state index in [0.29, 0.717) is 6.61 Å². The summed E-state index contributed by atoms with van der Waals surface area (Å²) in [5.74, 6) is 0.698. The number of ether oxygens (including phenoxy) is 2. The summed E-state index contributed by atoms with van der Waals surface area (Å²) in [7, 11) is 3.14. The Morgan fingerprint density at radius 1 is 1.17 bits per heavy atom. The molecule has 0 aromatic heterocycles. The second kappa shape index (κ2) is 7.97. The number of amides is 1. The standard InChI is InChI=1S/C20H25NO3/c1-13-10-14(2)15(3)18(11-13)24-12-16-8-6-7-9-17(16)19(23-5)20(22)21-4/h6-11,19H,12H2,1-5H3,(H,21,22). The number of hydrogen-bond acceptors (Lipinski definition) is 3. The van der Waals surface area contributed by atoms with E-state index in [9.17, 15) is 4.79 Å². The molecule has 0 fully saturated rings. The van der Waals surface area contributed by atoms with Gasteiger partial charge in [0.1, 0.15) is 12.4 Å². The number of benzene rings is 2. The van der Waals surface area contributed by atoms with Crippen LogP contribution in [0, 0.1) is 20.8 Å². The van der Waals surface area contributed by atoms with Crippen LogP contribution in [0.15, 0.2) is 36.4 Å². The topological polar surface area (TPSA) is 47.6 Å². The Morgan fingerprint density at radius 2 is 1.88 bits per heavy atom. The van der Waals surface area contributed by atoms with Crippen LogP contribution in [-0.2, 0) is 16.1 Å². The molecule has 1 N–H and O–H groups in total. The molecule has 4 heteroatoms. The SMILES string of the molecule is CNC(=O)C(OC)c1ccccc1COc1cc(C)cc(C)c1C. The monoisotopic (exact) mass is 327 g/mol. The Hall–Kier alpha value is -2.33. The van der Waals surface area contributed by atoms with E-state index in [1.54, 1.807) is 7.05 Å². The molecule has 128 valence electrons. The fourth-order valence-corrected chi connectivity index (χ4v) is 2.73. The molecule has 0 aliphatic heterocycles. The molecule has 4 nitrogen and oxygen atoms in total. The number of methoxy groups -OCH3 is 1. The zero-order valence-corrected chi connectivity index (χ0v) is 15.0. The summed E-state index contributed by atoms with van der Waals surface area (Å²) in [4.78, 5) is 12.0. The summed E-state index contributed by atoms with van der Waals surface area (Å²) in [6.07, 6.45) is -0.643. The van der Waals surface area contributed by atoms with Gasteiger partial charge in [-0.2, -0.15) is 0 Å². The molecule has 2 aromatic carbocycles. The molecule has 1 atom stereocenters. The quantitative estimate of drug-likeness (QED) is 0.881. The molecular formula is C20H25NO3. The van der Waals surface area contributed by atoms with E-state index in [1.165, 1.54) is 18.2 Å². The first-order valence-corrected chi connectivity index (χ1v) is 8.00. The van der Waals surface area contributed by atoms with Crippen LogP contribution in [0.1, 0.15) is 33.9 Å². The van der Waals surface area contributed by atoms with Gasteiger partial charge in [-0.1, -0.05) is 30.3 Å². The molecule has 1 unspecified atom stereocenters. The molecule has 2 rings (SSSR count). The van der Waals surface area contributed by atoms with Crippen molar-refractivity contribution in [2.24, 2.45) is 0 Å². The van der Waals surface area contributed by atoms with Gasteiger partial charge in [-0.05, 0) is 54.7 Å². The predicted molar refractivity (Wildman–Crippen MR) is 95.2 cm³/mol. The number of rotatable bonds is 6. The van der Waals surface area contributed by atoms with Gasteiger partial charge in [0.15, 0.2) is 6.10 Å². The van der Waals surface area contributed by atoms with Gasteiger partial charge < -0.3 is 14.8 Å². The van der Waals surface area contributed by atoms with E-state index in [-0.39, 0.29) is 5.91 Å². The van der Waals surface area contributed by atoms with Crippen LogP contribution < -0.4 is 10.1 Å². The average Bonchev–Trinajstić information content (AvgIpc) is 2.58. The molecule has 2 aromatic rings. The molecule has 0 saturated carbocycles. The summed E-state index contributed by atoms with van der Waals surface area (Å²) in [6.45, 7) is 6.57. The summed E-state index contributed by atoms with van der Waals surface area (Å²) < 4.78 is 11.4. The molecule has 24 heavy (non-hydrogen) atoms. The summed E-state index contributed by atoms with van der Waals surface area (Å²) in [5.41, 5.74) is 5.26. The Balaban J connectivity index is 2.27. The van der Waals surface area contributed by atoms with Crippen molar-refractivity contribution in [2.75, 3.05) is 14.2 Å². The lowest BCUT2D eigenvalue weighted by Crippen LogP contribution is -2.27. The van der Waals surface area contributed by atoms with Gasteiger partial charge in [0.2, 0.25) is 0 Å². The van der Waals surface area contributed by atoms with Crippen LogP contribution in [0.2, 0.25) is 0 Å². The largest absolute Gasteiger partial charge is 0.489 e. The third kappa shape index (κ3) is 3.95. The lowest BCUT2D eigenvalue weighted by Gasteiger charge is -2.19. The van der Waals surface area contributed by atoms with Gasteiger partial charge in [-0.3, -0.25) is 4.79 Å². The highest BCUT2D eigenvalue weighted by molar-refractivity contribution is 5.82. The summed E-state index contributed by atoms with van der Waals surface area (Å²) in [6, 6.07) is 11.9. The molecule has 0 saturated heterocycles. The van der Waals surface area contributed by atoms with E-state index in [2.05, 4.69) is 32.2 Å². The van der Waals surface area contributed by atoms with Crippen LogP contribution >= 0.6 is 0 Å². The highest BCUT2D eigenvalue weighted by atomic mass is 16.5. The van der Waals surface area contributed by atoms with Crippen LogP contribution in [0.5, 0.6) is 5.75 Å². The van der Waals surface area contributed by atoms with Crippen molar-refractivity contribution >= 4 is 5.91 Å². The van der Waals surface area contributed by atoms with Gasteiger partial charge >= 0.3 is 0 Å². The van der Waals surface area contributed by atoms with Crippen LogP contribution in [0.25, 0.3) is 0 Å². The molecule has 1 amide bonds. The number of nitrogens with one attached hydrogen (secondary N) is 1. The minimum atomic E-state index is -0.643. The molecule has 0 radical (unpaired) electrons. The van der Waals surface area contributed by atoms with Crippen molar-refractivity contribution in [3.8, 4) is 5.75 Å². The fourth-order valence-electron chi connectivity index (χ4n) is 2.73. The minimum absolute atomic E-state index is 0.174. The Labute approximate surface area is 143 Å². The number of hydrogen-bond donors (Lipinski definition) is 1. The van der Waals surface area contributed by atoms with Crippen molar-refractivity contribution in [2.45, 2.75) is 33.5 Å². The van der Waals surface area contributed by atoms with Crippen molar-refractivity contribution in [3.63, 3.8) is 0 Å².